The molecule has 0 amide bonds. The number of hydrogen-bond acceptors (Lipinski definition) is 3. The maximum Gasteiger partial charge on any atom is 0.107 e. The molecule has 1 N–H and O–H groups in total. The number of aliphatic hydroxyl groups excluding tert-OH is 1. The molecule has 1 fully saturated rings. The van der Waals surface area contributed by atoms with Crippen molar-refractivity contribution in [3.05, 3.63) is 23.7 Å². The molecule has 1 aliphatic carbocycles. The van der Waals surface area contributed by atoms with Crippen LogP contribution in [-0.4, -0.2) is 36.8 Å². The highest BCUT2D eigenvalue weighted by Crippen LogP contribution is 2.40. The van der Waals surface area contributed by atoms with Crippen LogP contribution in [0.15, 0.2) is 16.5 Å². The Morgan fingerprint density at radius 1 is 1.42 bits per heavy atom. The molecule has 0 aromatic carbocycles. The summed E-state index contributed by atoms with van der Waals surface area (Å²) in [4.78, 5) is 2.36. The van der Waals surface area contributed by atoms with E-state index in [9.17, 15) is 5.11 Å². The Hall–Kier alpha value is -0.800. The smallest absolute Gasteiger partial charge is 0.107 e. The van der Waals surface area contributed by atoms with Crippen LogP contribution >= 0.6 is 0 Å². The summed E-state index contributed by atoms with van der Waals surface area (Å²) < 4.78 is 5.67. The predicted octanol–water partition coefficient (Wildman–Crippen LogP) is 3.18. The molecule has 1 saturated carbocycles. The zero-order valence-corrected chi connectivity index (χ0v) is 12.5. The maximum absolute atomic E-state index is 9.50. The SMILES string of the molecule is Cc1ccc([C@H](C)CCN(C)CC2(CO)CCC2)o1. The molecule has 1 atom stereocenters. The van der Waals surface area contributed by atoms with Gasteiger partial charge in [0.15, 0.2) is 0 Å². The van der Waals surface area contributed by atoms with Crippen LogP contribution in [0.1, 0.15) is 50.0 Å². The van der Waals surface area contributed by atoms with Gasteiger partial charge in [-0.05, 0) is 51.9 Å². The van der Waals surface area contributed by atoms with Crippen molar-refractivity contribution in [1.82, 2.24) is 4.90 Å². The molecule has 2 rings (SSSR count). The van der Waals surface area contributed by atoms with E-state index in [4.69, 9.17) is 4.42 Å². The maximum atomic E-state index is 9.50. The van der Waals surface area contributed by atoms with Crippen LogP contribution in [0.4, 0.5) is 0 Å². The second-order valence-electron chi connectivity index (χ2n) is 6.39. The number of hydrogen-bond donors (Lipinski definition) is 1. The Morgan fingerprint density at radius 3 is 2.63 bits per heavy atom. The van der Waals surface area contributed by atoms with Gasteiger partial charge in [-0.25, -0.2) is 0 Å². The van der Waals surface area contributed by atoms with E-state index in [1.54, 1.807) is 0 Å². The fourth-order valence-electron chi connectivity index (χ4n) is 2.97. The molecular weight excluding hydrogens is 238 g/mol. The summed E-state index contributed by atoms with van der Waals surface area (Å²) in [5.74, 6) is 2.54. The summed E-state index contributed by atoms with van der Waals surface area (Å²) in [6.45, 7) is 6.63. The summed E-state index contributed by atoms with van der Waals surface area (Å²) in [6.07, 6.45) is 4.74. The van der Waals surface area contributed by atoms with Gasteiger partial charge in [-0.2, -0.15) is 0 Å². The van der Waals surface area contributed by atoms with Gasteiger partial charge in [-0.15, -0.1) is 0 Å². The molecule has 1 aliphatic rings. The molecule has 0 spiro atoms. The number of aliphatic hydroxyl groups is 1. The molecule has 0 radical (unpaired) electrons. The standard InChI is InChI=1S/C16H27NO2/c1-13(15-6-5-14(2)19-15)7-10-17(3)11-16(12-18)8-4-9-16/h5-6,13,18H,4,7-12H2,1-3H3/t13-/m1/s1. The molecule has 0 aliphatic heterocycles. The lowest BCUT2D eigenvalue weighted by Gasteiger charge is -2.43. The van der Waals surface area contributed by atoms with Gasteiger partial charge < -0.3 is 14.4 Å². The van der Waals surface area contributed by atoms with Crippen molar-refractivity contribution in [3.8, 4) is 0 Å². The third kappa shape index (κ3) is 3.61. The Balaban J connectivity index is 1.75. The van der Waals surface area contributed by atoms with E-state index in [2.05, 4.69) is 24.9 Å². The third-order valence-corrected chi connectivity index (χ3v) is 4.55. The molecule has 1 aromatic rings. The van der Waals surface area contributed by atoms with Gasteiger partial charge in [-0.1, -0.05) is 13.3 Å². The van der Waals surface area contributed by atoms with Gasteiger partial charge in [0.05, 0.1) is 0 Å². The van der Waals surface area contributed by atoms with Gasteiger partial charge >= 0.3 is 0 Å². The fraction of sp³-hybridized carbons (Fsp3) is 0.750. The van der Waals surface area contributed by atoms with Crippen molar-refractivity contribution < 1.29 is 9.52 Å². The first-order chi connectivity index (χ1) is 9.04. The fourth-order valence-corrected chi connectivity index (χ4v) is 2.97. The minimum Gasteiger partial charge on any atom is -0.466 e. The lowest BCUT2D eigenvalue weighted by molar-refractivity contribution is 0.0140. The van der Waals surface area contributed by atoms with Crippen molar-refractivity contribution in [2.75, 3.05) is 26.7 Å². The van der Waals surface area contributed by atoms with Crippen molar-refractivity contribution in [2.45, 2.75) is 45.4 Å². The van der Waals surface area contributed by atoms with Gasteiger partial charge in [0.1, 0.15) is 11.5 Å². The molecule has 3 nitrogen and oxygen atoms in total. The van der Waals surface area contributed by atoms with Gasteiger partial charge in [0, 0.05) is 24.5 Å². The predicted molar refractivity (Wildman–Crippen MR) is 77.3 cm³/mol. The second kappa shape index (κ2) is 6.10. The topological polar surface area (TPSA) is 36.6 Å². The summed E-state index contributed by atoms with van der Waals surface area (Å²) >= 11 is 0. The van der Waals surface area contributed by atoms with Gasteiger partial charge in [-0.3, -0.25) is 0 Å². The largest absolute Gasteiger partial charge is 0.466 e. The van der Waals surface area contributed by atoms with E-state index in [0.717, 1.165) is 31.0 Å². The van der Waals surface area contributed by atoms with Crippen LogP contribution < -0.4 is 0 Å². The summed E-state index contributed by atoms with van der Waals surface area (Å²) in [6, 6.07) is 4.12. The number of aryl methyl sites for hydroxylation is 1. The van der Waals surface area contributed by atoms with Crippen LogP contribution in [0.2, 0.25) is 0 Å². The van der Waals surface area contributed by atoms with Crippen molar-refractivity contribution in [1.29, 1.82) is 0 Å². The highest BCUT2D eigenvalue weighted by atomic mass is 16.3. The van der Waals surface area contributed by atoms with E-state index in [0.29, 0.717) is 12.5 Å². The van der Waals surface area contributed by atoms with E-state index < -0.39 is 0 Å². The Morgan fingerprint density at radius 2 is 2.16 bits per heavy atom. The Kier molecular flexibility index (Phi) is 4.69. The van der Waals surface area contributed by atoms with Crippen molar-refractivity contribution >= 4 is 0 Å². The number of furan rings is 1. The summed E-state index contributed by atoms with van der Waals surface area (Å²) in [5, 5.41) is 9.50. The van der Waals surface area contributed by atoms with E-state index in [1.165, 1.54) is 19.3 Å². The molecule has 0 unspecified atom stereocenters. The lowest BCUT2D eigenvalue weighted by atomic mass is 9.69. The van der Waals surface area contributed by atoms with Crippen LogP contribution in [-0.2, 0) is 0 Å². The Labute approximate surface area is 116 Å². The van der Waals surface area contributed by atoms with Gasteiger partial charge in [0.25, 0.3) is 0 Å². The first-order valence-corrected chi connectivity index (χ1v) is 7.40. The number of rotatable bonds is 7. The zero-order valence-electron chi connectivity index (χ0n) is 12.5. The van der Waals surface area contributed by atoms with Crippen LogP contribution in [0, 0.1) is 12.3 Å². The third-order valence-electron chi connectivity index (χ3n) is 4.55. The average molecular weight is 265 g/mol. The molecule has 1 aromatic heterocycles. The average Bonchev–Trinajstić information content (AvgIpc) is 2.77. The second-order valence-corrected chi connectivity index (χ2v) is 6.39. The molecule has 0 bridgehead atoms. The van der Waals surface area contributed by atoms with Crippen molar-refractivity contribution in [3.63, 3.8) is 0 Å². The number of nitrogens with zero attached hydrogens (tertiary/aromatic N) is 1. The van der Waals surface area contributed by atoms with Crippen molar-refractivity contribution in [2.24, 2.45) is 5.41 Å². The van der Waals surface area contributed by atoms with Gasteiger partial charge in [0.2, 0.25) is 0 Å². The molecule has 108 valence electrons. The first-order valence-electron chi connectivity index (χ1n) is 7.40. The lowest BCUT2D eigenvalue weighted by Crippen LogP contribution is -2.43. The quantitative estimate of drug-likeness (QED) is 0.822. The highest BCUT2D eigenvalue weighted by Gasteiger charge is 2.37. The molecule has 1 heterocycles. The molecule has 3 heteroatoms. The monoisotopic (exact) mass is 265 g/mol. The minimum absolute atomic E-state index is 0.194. The van der Waals surface area contributed by atoms with Crippen LogP contribution in [0.5, 0.6) is 0 Å². The van der Waals surface area contributed by atoms with E-state index in [-0.39, 0.29) is 5.41 Å². The van der Waals surface area contributed by atoms with E-state index in [1.807, 2.05) is 13.0 Å². The summed E-state index contributed by atoms with van der Waals surface area (Å²) in [7, 11) is 2.16. The highest BCUT2D eigenvalue weighted by molar-refractivity contribution is 5.09. The minimum atomic E-state index is 0.194. The normalized spacial score (nSPS) is 19.4. The molecule has 0 saturated heterocycles. The van der Waals surface area contributed by atoms with Crippen LogP contribution in [0.3, 0.4) is 0 Å². The first kappa shape index (κ1) is 14.6. The summed E-state index contributed by atoms with van der Waals surface area (Å²) in [5.41, 5.74) is 0.194. The molecular formula is C16H27NO2. The molecule has 19 heavy (non-hydrogen) atoms. The Bertz CT molecular complexity index is 390. The van der Waals surface area contributed by atoms with E-state index >= 15 is 0 Å². The van der Waals surface area contributed by atoms with Crippen LogP contribution in [0.25, 0.3) is 0 Å². The zero-order chi connectivity index (χ0) is 13.9.